The van der Waals surface area contributed by atoms with Gasteiger partial charge in [-0.2, -0.15) is 0 Å². The minimum absolute atomic E-state index is 0.303. The zero-order chi connectivity index (χ0) is 22.5. The Morgan fingerprint density at radius 3 is 2.62 bits per heavy atom. The summed E-state index contributed by atoms with van der Waals surface area (Å²) in [6, 6.07) is 15.0. The minimum atomic E-state index is -0.517. The maximum absolute atomic E-state index is 12.8. The lowest BCUT2D eigenvalue weighted by Gasteiger charge is -2.17. The summed E-state index contributed by atoms with van der Waals surface area (Å²) >= 11 is 4.57. The number of thioether (sulfide) groups is 1. The van der Waals surface area contributed by atoms with E-state index in [4.69, 9.17) is 4.74 Å². The first kappa shape index (κ1) is 22.4. The van der Waals surface area contributed by atoms with Gasteiger partial charge in [0, 0.05) is 22.6 Å². The van der Waals surface area contributed by atoms with Crippen molar-refractivity contribution < 1.29 is 14.3 Å². The van der Waals surface area contributed by atoms with Gasteiger partial charge in [0.2, 0.25) is 0 Å². The van der Waals surface area contributed by atoms with Crippen LogP contribution in [0.15, 0.2) is 58.8 Å². The zero-order valence-electron chi connectivity index (χ0n) is 17.6. The van der Waals surface area contributed by atoms with Crippen molar-refractivity contribution in [1.82, 2.24) is 9.97 Å². The van der Waals surface area contributed by atoms with E-state index in [9.17, 15) is 9.59 Å². The molecule has 164 valence electrons. The van der Waals surface area contributed by atoms with Crippen molar-refractivity contribution in [3.63, 3.8) is 0 Å². The van der Waals surface area contributed by atoms with Crippen molar-refractivity contribution in [3.05, 3.63) is 70.2 Å². The van der Waals surface area contributed by atoms with Gasteiger partial charge in [-0.3, -0.25) is 9.69 Å². The van der Waals surface area contributed by atoms with Gasteiger partial charge in [0.15, 0.2) is 11.7 Å². The molecule has 6 nitrogen and oxygen atoms in total. The molecule has 0 unspecified atom stereocenters. The number of aromatic nitrogens is 2. The maximum Gasteiger partial charge on any atom is 0.339 e. The molecule has 0 fully saturated rings. The molecular formula is C23H21N3O3S3. The topological polar surface area (TPSA) is 72.4 Å². The molecule has 0 aliphatic rings. The van der Waals surface area contributed by atoms with Crippen LogP contribution >= 0.6 is 34.4 Å². The van der Waals surface area contributed by atoms with Crippen LogP contribution in [0.25, 0.3) is 10.2 Å². The van der Waals surface area contributed by atoms with Crippen LogP contribution in [-0.4, -0.2) is 35.0 Å². The smallest absolute Gasteiger partial charge is 0.339 e. The molecule has 2 heterocycles. The Balaban J connectivity index is 1.40. The fraction of sp³-hybridized carbons (Fsp3) is 0.217. The highest BCUT2D eigenvalue weighted by atomic mass is 32.2. The van der Waals surface area contributed by atoms with Crippen molar-refractivity contribution in [1.29, 1.82) is 0 Å². The lowest BCUT2D eigenvalue weighted by molar-refractivity contribution is -0.121. The normalized spacial score (nSPS) is 10.9. The third kappa shape index (κ3) is 5.17. The van der Waals surface area contributed by atoms with Crippen LogP contribution in [0.4, 0.5) is 5.13 Å². The molecule has 0 bridgehead atoms. The molecule has 0 radical (unpaired) electrons. The fourth-order valence-electron chi connectivity index (χ4n) is 3.06. The average Bonchev–Trinajstić information content (AvgIpc) is 3.42. The molecule has 0 aliphatic carbocycles. The minimum Gasteiger partial charge on any atom is -0.452 e. The van der Waals surface area contributed by atoms with E-state index in [0.717, 1.165) is 25.8 Å². The second kappa shape index (κ2) is 10.2. The second-order valence-electron chi connectivity index (χ2n) is 6.82. The summed E-state index contributed by atoms with van der Waals surface area (Å²) in [5, 5.41) is 3.63. The van der Waals surface area contributed by atoms with Crippen molar-refractivity contribution in [3.8, 4) is 0 Å². The third-order valence-corrected chi connectivity index (χ3v) is 7.60. The highest BCUT2D eigenvalue weighted by Gasteiger charge is 2.21. The van der Waals surface area contributed by atoms with Gasteiger partial charge in [0.05, 0.1) is 26.5 Å². The highest BCUT2D eigenvalue weighted by molar-refractivity contribution is 7.98. The number of hydrogen-bond donors (Lipinski definition) is 0. The molecule has 9 heteroatoms. The summed E-state index contributed by atoms with van der Waals surface area (Å²) in [6.07, 6.45) is 0. The number of fused-ring (bicyclic) bond motifs is 1. The molecule has 4 rings (SSSR count). The predicted octanol–water partition coefficient (Wildman–Crippen LogP) is 5.56. The van der Waals surface area contributed by atoms with E-state index < -0.39 is 5.97 Å². The number of hydrogen-bond acceptors (Lipinski definition) is 8. The lowest BCUT2D eigenvalue weighted by Crippen LogP contribution is -2.34. The summed E-state index contributed by atoms with van der Waals surface area (Å²) in [5.74, 6) is -0.159. The molecule has 0 atom stereocenters. The van der Waals surface area contributed by atoms with Gasteiger partial charge in [-0.05, 0) is 38.1 Å². The van der Waals surface area contributed by atoms with E-state index in [1.807, 2.05) is 55.6 Å². The Kier molecular flexibility index (Phi) is 7.19. The van der Waals surface area contributed by atoms with Gasteiger partial charge in [0.1, 0.15) is 0 Å². The number of ether oxygens (including phenoxy) is 1. The van der Waals surface area contributed by atoms with Crippen molar-refractivity contribution in [2.75, 3.05) is 18.1 Å². The van der Waals surface area contributed by atoms with Crippen LogP contribution < -0.4 is 4.90 Å². The first-order valence-corrected chi connectivity index (χ1v) is 12.7. The van der Waals surface area contributed by atoms with Crippen LogP contribution in [0.2, 0.25) is 0 Å². The SMILES string of the molecule is CCN(C(=O)COC(=O)c1ccccc1SCc1csc(C)n1)c1nc2ccccc2s1. The third-order valence-electron chi connectivity index (χ3n) is 4.61. The molecule has 0 N–H and O–H groups in total. The van der Waals surface area contributed by atoms with Crippen LogP contribution in [0.3, 0.4) is 0 Å². The number of amides is 1. The number of esters is 1. The fourth-order valence-corrected chi connectivity index (χ4v) is 5.76. The largest absolute Gasteiger partial charge is 0.452 e. The van der Waals surface area contributed by atoms with E-state index in [0.29, 0.717) is 23.0 Å². The number of carbonyl (C=O) groups is 2. The summed E-state index contributed by atoms with van der Waals surface area (Å²) in [4.78, 5) is 36.9. The van der Waals surface area contributed by atoms with E-state index in [-0.39, 0.29) is 12.5 Å². The molecule has 0 saturated heterocycles. The molecule has 0 aliphatic heterocycles. The monoisotopic (exact) mass is 483 g/mol. The number of nitrogens with zero attached hydrogens (tertiary/aromatic N) is 3. The number of likely N-dealkylation sites (N-methyl/N-ethyl adjacent to an activating group) is 1. The van der Waals surface area contributed by atoms with Crippen LogP contribution in [-0.2, 0) is 15.3 Å². The Labute approximate surface area is 198 Å². The van der Waals surface area contributed by atoms with Gasteiger partial charge in [-0.1, -0.05) is 35.6 Å². The molecule has 2 aromatic heterocycles. The lowest BCUT2D eigenvalue weighted by atomic mass is 10.2. The number of thiazole rings is 2. The summed E-state index contributed by atoms with van der Waals surface area (Å²) < 4.78 is 6.39. The van der Waals surface area contributed by atoms with Gasteiger partial charge >= 0.3 is 5.97 Å². The van der Waals surface area contributed by atoms with E-state index in [1.54, 1.807) is 28.4 Å². The number of para-hydroxylation sites is 1. The standard InChI is InChI=1S/C23H21N3O3S3/c1-3-26(23-25-18-9-5-7-11-20(18)32-23)21(27)12-29-22(28)17-8-4-6-10-19(17)31-14-16-13-30-15(2)24-16/h4-11,13H,3,12,14H2,1-2H3. The first-order valence-electron chi connectivity index (χ1n) is 10.0. The molecule has 2 aromatic carbocycles. The quantitative estimate of drug-likeness (QED) is 0.241. The summed E-state index contributed by atoms with van der Waals surface area (Å²) in [5.41, 5.74) is 2.27. The number of aryl methyl sites for hydroxylation is 1. The molecule has 0 saturated carbocycles. The van der Waals surface area contributed by atoms with Crippen LogP contribution in [0.1, 0.15) is 28.0 Å². The highest BCUT2D eigenvalue weighted by Crippen LogP contribution is 2.29. The summed E-state index contributed by atoms with van der Waals surface area (Å²) in [7, 11) is 0. The Morgan fingerprint density at radius 2 is 1.88 bits per heavy atom. The zero-order valence-corrected chi connectivity index (χ0v) is 20.1. The summed E-state index contributed by atoms with van der Waals surface area (Å²) in [6.45, 7) is 3.94. The van der Waals surface area contributed by atoms with Crippen molar-refractivity contribution in [2.24, 2.45) is 0 Å². The van der Waals surface area contributed by atoms with Crippen molar-refractivity contribution >= 4 is 61.7 Å². The Bertz CT molecular complexity index is 1220. The van der Waals surface area contributed by atoms with Crippen LogP contribution in [0, 0.1) is 6.92 Å². The Morgan fingerprint density at radius 1 is 1.09 bits per heavy atom. The van der Waals surface area contributed by atoms with Gasteiger partial charge < -0.3 is 4.74 Å². The average molecular weight is 484 g/mol. The van der Waals surface area contributed by atoms with E-state index >= 15 is 0 Å². The van der Waals surface area contributed by atoms with Gasteiger partial charge in [-0.25, -0.2) is 14.8 Å². The van der Waals surface area contributed by atoms with Gasteiger partial charge in [0.25, 0.3) is 5.91 Å². The van der Waals surface area contributed by atoms with E-state index in [2.05, 4.69) is 9.97 Å². The van der Waals surface area contributed by atoms with E-state index in [1.165, 1.54) is 23.1 Å². The number of carbonyl (C=O) groups excluding carboxylic acids is 2. The first-order chi connectivity index (χ1) is 15.5. The maximum atomic E-state index is 12.8. The molecule has 1 amide bonds. The molecule has 4 aromatic rings. The Hall–Kier alpha value is -2.75. The second-order valence-corrected chi connectivity index (χ2v) is 9.91. The number of rotatable bonds is 8. The van der Waals surface area contributed by atoms with Gasteiger partial charge in [-0.15, -0.1) is 23.1 Å². The number of anilines is 1. The number of benzene rings is 2. The van der Waals surface area contributed by atoms with Crippen molar-refractivity contribution in [2.45, 2.75) is 24.5 Å². The van der Waals surface area contributed by atoms with Crippen LogP contribution in [0.5, 0.6) is 0 Å². The molecular weight excluding hydrogens is 462 g/mol. The molecule has 0 spiro atoms. The predicted molar refractivity (Wildman–Crippen MR) is 131 cm³/mol. The molecule has 32 heavy (non-hydrogen) atoms.